The summed E-state index contributed by atoms with van der Waals surface area (Å²) < 4.78 is 19.2. The molecule has 0 atom stereocenters. The molecule has 0 aliphatic carbocycles. The normalized spacial score (nSPS) is 9.69. The van der Waals surface area contributed by atoms with Gasteiger partial charge in [-0.05, 0) is 24.6 Å². The van der Waals surface area contributed by atoms with Gasteiger partial charge in [-0.25, -0.2) is 4.79 Å². The Bertz CT molecular complexity index is 754. The minimum Gasteiger partial charge on any atom is -0.460 e. The fraction of sp³-hybridized carbons (Fsp3) is 0.333. The largest absolute Gasteiger partial charge is 0.460 e. The summed E-state index contributed by atoms with van der Waals surface area (Å²) in [6, 6.07) is 5.47. The Kier molecular flexibility index (Phi) is 8.72. The highest BCUT2D eigenvalue weighted by Crippen LogP contribution is 2.29. The van der Waals surface area contributed by atoms with E-state index in [2.05, 4.69) is 26.2 Å². The van der Waals surface area contributed by atoms with Crippen LogP contribution in [0.4, 0.5) is 0 Å². The maximum atomic E-state index is 11.0. The molecule has 0 aliphatic heterocycles. The molecular weight excluding hydrogens is 340 g/mol. The third-order valence-electron chi connectivity index (χ3n) is 2.86. The summed E-state index contributed by atoms with van der Waals surface area (Å²) >= 11 is 0. The van der Waals surface area contributed by atoms with Crippen LogP contribution in [-0.2, 0) is 19.1 Å². The number of aromatic nitrogens is 2. The lowest BCUT2D eigenvalue weighted by molar-refractivity contribution is -0.139. The molecule has 2 aromatic rings. The third kappa shape index (κ3) is 7.27. The van der Waals surface area contributed by atoms with Gasteiger partial charge in [0.05, 0.1) is 12.2 Å². The monoisotopic (exact) mass is 362 g/mol. The second kappa shape index (κ2) is 10.8. The highest BCUT2D eigenvalue weighted by Gasteiger charge is 2.13. The number of aryl methyl sites for hydroxylation is 2. The van der Waals surface area contributed by atoms with Gasteiger partial charge in [-0.15, -0.1) is 0 Å². The van der Waals surface area contributed by atoms with Crippen molar-refractivity contribution < 1.29 is 28.3 Å². The fourth-order valence-corrected chi connectivity index (χ4v) is 1.75. The molecule has 0 radical (unpaired) electrons. The first-order chi connectivity index (χ1) is 12.4. The lowest BCUT2D eigenvalue weighted by Crippen LogP contribution is -2.06. The number of carbonyl (C=O) groups excluding carboxylic acids is 2. The Hall–Kier alpha value is -3.00. The highest BCUT2D eigenvalue weighted by molar-refractivity contribution is 5.81. The van der Waals surface area contributed by atoms with Crippen molar-refractivity contribution in [1.82, 2.24) is 10.1 Å². The Morgan fingerprint density at radius 2 is 2.00 bits per heavy atom. The van der Waals surface area contributed by atoms with Gasteiger partial charge in [-0.1, -0.05) is 17.8 Å². The first-order valence-electron chi connectivity index (χ1n) is 7.75. The van der Waals surface area contributed by atoms with Gasteiger partial charge in [0, 0.05) is 27.0 Å². The average molecular weight is 362 g/mol. The molecule has 0 aliphatic rings. The zero-order chi connectivity index (χ0) is 19.5. The van der Waals surface area contributed by atoms with Gasteiger partial charge >= 0.3 is 11.9 Å². The molecule has 140 valence electrons. The molecule has 26 heavy (non-hydrogen) atoms. The molecule has 0 N–H and O–H groups in total. The average Bonchev–Trinajstić information content (AvgIpc) is 3.01. The quantitative estimate of drug-likeness (QED) is 0.334. The van der Waals surface area contributed by atoms with E-state index >= 15 is 0 Å². The molecule has 1 heterocycles. The molecule has 1 aromatic carbocycles. The minimum atomic E-state index is -0.410. The molecular formula is C18H22N2O6. The van der Waals surface area contributed by atoms with Crippen molar-refractivity contribution in [3.05, 3.63) is 42.3 Å². The number of hydrogen-bond acceptors (Lipinski definition) is 8. The van der Waals surface area contributed by atoms with Crippen LogP contribution in [0.1, 0.15) is 18.4 Å². The first kappa shape index (κ1) is 21.0. The molecule has 0 saturated heterocycles. The summed E-state index contributed by atoms with van der Waals surface area (Å²) in [7, 11) is 1.54. The maximum absolute atomic E-state index is 11.0. The molecule has 1 aromatic heterocycles. The lowest BCUT2D eigenvalue weighted by Gasteiger charge is -2.06. The smallest absolute Gasteiger partial charge is 0.330 e. The summed E-state index contributed by atoms with van der Waals surface area (Å²) in [5.74, 6) is 0.538. The van der Waals surface area contributed by atoms with Crippen LogP contribution in [0.25, 0.3) is 11.4 Å². The molecule has 0 saturated carbocycles. The number of methoxy groups -OCH3 is 1. The van der Waals surface area contributed by atoms with Crippen molar-refractivity contribution in [2.75, 3.05) is 20.3 Å². The molecule has 0 spiro atoms. The van der Waals surface area contributed by atoms with Crippen molar-refractivity contribution in [3.8, 4) is 17.1 Å². The molecule has 0 bridgehead atoms. The van der Waals surface area contributed by atoms with Gasteiger partial charge in [0.15, 0.2) is 0 Å². The van der Waals surface area contributed by atoms with E-state index < -0.39 is 5.97 Å². The van der Waals surface area contributed by atoms with Crippen molar-refractivity contribution in [2.45, 2.75) is 20.8 Å². The van der Waals surface area contributed by atoms with Gasteiger partial charge in [-0.2, -0.15) is 4.98 Å². The number of benzene rings is 1. The molecule has 0 amide bonds. The van der Waals surface area contributed by atoms with Crippen molar-refractivity contribution in [3.63, 3.8) is 0 Å². The van der Waals surface area contributed by atoms with E-state index in [1.807, 2.05) is 13.0 Å². The summed E-state index contributed by atoms with van der Waals surface area (Å²) in [4.78, 5) is 25.4. The van der Waals surface area contributed by atoms with E-state index in [9.17, 15) is 9.59 Å². The van der Waals surface area contributed by atoms with Gasteiger partial charge < -0.3 is 18.7 Å². The predicted octanol–water partition coefficient (Wildman–Crippen LogP) is 2.64. The molecule has 8 heteroatoms. The zero-order valence-electron chi connectivity index (χ0n) is 15.3. The molecule has 2 rings (SSSR count). The fourth-order valence-electron chi connectivity index (χ4n) is 1.75. The number of carbonyl (C=O) groups is 2. The molecule has 0 fully saturated rings. The maximum Gasteiger partial charge on any atom is 0.330 e. The Labute approximate surface area is 151 Å². The number of hydrogen-bond donors (Lipinski definition) is 0. The SMILES string of the molecule is C=CC(=O)OCCOC.CC(=O)Oc1cc(C)ccc1-c1noc(C)n1. The zero-order valence-corrected chi connectivity index (χ0v) is 15.3. The summed E-state index contributed by atoms with van der Waals surface area (Å²) in [6.07, 6.45) is 1.12. The predicted molar refractivity (Wildman–Crippen MR) is 93.5 cm³/mol. The second-order valence-corrected chi connectivity index (χ2v) is 5.09. The summed E-state index contributed by atoms with van der Waals surface area (Å²) in [6.45, 7) is 8.92. The van der Waals surface area contributed by atoms with Crippen LogP contribution in [0.3, 0.4) is 0 Å². The van der Waals surface area contributed by atoms with Crippen molar-refractivity contribution in [2.24, 2.45) is 0 Å². The standard InChI is InChI=1S/C12H12N2O3.C6H10O3/c1-7-4-5-10(11(6-7)16-9(3)15)12-13-8(2)17-14-12;1-3-6(7)9-5-4-8-2/h4-6H,1-3H3;3H,1,4-5H2,2H3. The van der Waals surface area contributed by atoms with Crippen molar-refractivity contribution >= 4 is 11.9 Å². The number of esters is 2. The topological polar surface area (TPSA) is 101 Å². The van der Waals surface area contributed by atoms with Crippen LogP contribution in [0.2, 0.25) is 0 Å². The van der Waals surface area contributed by atoms with E-state index in [0.717, 1.165) is 11.6 Å². The van der Waals surface area contributed by atoms with Gasteiger partial charge in [0.2, 0.25) is 11.7 Å². The van der Waals surface area contributed by atoms with Crippen LogP contribution in [0, 0.1) is 13.8 Å². The Balaban J connectivity index is 0.000000321. The van der Waals surface area contributed by atoms with Gasteiger partial charge in [0.1, 0.15) is 12.4 Å². The number of nitrogens with zero attached hydrogens (tertiary/aromatic N) is 2. The Morgan fingerprint density at radius 3 is 2.54 bits per heavy atom. The van der Waals surface area contributed by atoms with Crippen LogP contribution in [-0.4, -0.2) is 42.4 Å². The van der Waals surface area contributed by atoms with Crippen LogP contribution < -0.4 is 4.74 Å². The van der Waals surface area contributed by atoms with Crippen LogP contribution in [0.5, 0.6) is 5.75 Å². The van der Waals surface area contributed by atoms with E-state index in [0.29, 0.717) is 36.2 Å². The number of ether oxygens (including phenoxy) is 3. The minimum absolute atomic E-state index is 0.293. The van der Waals surface area contributed by atoms with Crippen molar-refractivity contribution in [1.29, 1.82) is 0 Å². The second-order valence-electron chi connectivity index (χ2n) is 5.09. The Morgan fingerprint density at radius 1 is 1.27 bits per heavy atom. The summed E-state index contributed by atoms with van der Waals surface area (Å²) in [5.41, 5.74) is 1.63. The highest BCUT2D eigenvalue weighted by atomic mass is 16.6. The van der Waals surface area contributed by atoms with Crippen LogP contribution >= 0.6 is 0 Å². The van der Waals surface area contributed by atoms with E-state index in [1.54, 1.807) is 26.2 Å². The summed E-state index contributed by atoms with van der Waals surface area (Å²) in [5, 5.41) is 3.81. The molecule has 0 unspecified atom stereocenters. The third-order valence-corrected chi connectivity index (χ3v) is 2.86. The van der Waals surface area contributed by atoms with Gasteiger partial charge in [0.25, 0.3) is 0 Å². The first-order valence-corrected chi connectivity index (χ1v) is 7.75. The van der Waals surface area contributed by atoms with E-state index in [1.165, 1.54) is 6.92 Å². The van der Waals surface area contributed by atoms with E-state index in [4.69, 9.17) is 9.26 Å². The molecule has 8 nitrogen and oxygen atoms in total. The lowest BCUT2D eigenvalue weighted by atomic mass is 10.1. The van der Waals surface area contributed by atoms with E-state index in [-0.39, 0.29) is 5.97 Å². The van der Waals surface area contributed by atoms with Gasteiger partial charge in [-0.3, -0.25) is 4.79 Å². The number of rotatable bonds is 6. The van der Waals surface area contributed by atoms with Crippen LogP contribution in [0.15, 0.2) is 35.4 Å².